The predicted molar refractivity (Wildman–Crippen MR) is 62.9 cm³/mol. The minimum atomic E-state index is 0.677. The topological polar surface area (TPSA) is 15.3 Å². The molecule has 1 aliphatic rings. The lowest BCUT2D eigenvalue weighted by Gasteiger charge is -2.29. The molecular formula is C10H18Cl2N2. The zero-order valence-electron chi connectivity index (χ0n) is 8.60. The molecule has 0 radical (unpaired) electrons. The third kappa shape index (κ3) is 4.65. The molecule has 1 atom stereocenters. The average Bonchev–Trinajstić information content (AvgIpc) is 2.17. The Balaban J connectivity index is 2.11. The number of hydrogen-bond donors (Lipinski definition) is 1. The number of hydrogen-bond acceptors (Lipinski definition) is 2. The molecule has 1 rings (SSSR count). The third-order valence-electron chi connectivity index (χ3n) is 2.57. The molecule has 1 saturated heterocycles. The highest BCUT2D eigenvalue weighted by molar-refractivity contribution is 6.36. The van der Waals surface area contributed by atoms with Crippen molar-refractivity contribution in [2.75, 3.05) is 33.2 Å². The summed E-state index contributed by atoms with van der Waals surface area (Å²) in [4.78, 5) is 2.38. The van der Waals surface area contributed by atoms with Crippen molar-refractivity contribution >= 4 is 23.2 Å². The molecule has 0 aromatic heterocycles. The average molecular weight is 237 g/mol. The first kappa shape index (κ1) is 12.3. The molecule has 1 heterocycles. The number of piperidine rings is 1. The first-order chi connectivity index (χ1) is 6.72. The van der Waals surface area contributed by atoms with Crippen molar-refractivity contribution in [3.63, 3.8) is 0 Å². The zero-order valence-corrected chi connectivity index (χ0v) is 10.1. The van der Waals surface area contributed by atoms with E-state index in [0.29, 0.717) is 11.6 Å². The predicted octanol–water partition coefficient (Wildman–Crippen LogP) is 2.24. The van der Waals surface area contributed by atoms with Crippen LogP contribution >= 0.6 is 23.2 Å². The van der Waals surface area contributed by atoms with Crippen LogP contribution in [-0.4, -0.2) is 38.1 Å². The molecule has 1 fully saturated rings. The van der Waals surface area contributed by atoms with Gasteiger partial charge in [-0.3, -0.25) is 0 Å². The van der Waals surface area contributed by atoms with Gasteiger partial charge < -0.3 is 10.2 Å². The fraction of sp³-hybridized carbons (Fsp3) is 0.800. The summed E-state index contributed by atoms with van der Waals surface area (Å²) in [5.74, 6) is 0.758. The third-order valence-corrected chi connectivity index (χ3v) is 3.19. The highest BCUT2D eigenvalue weighted by Gasteiger charge is 2.16. The van der Waals surface area contributed by atoms with E-state index in [4.69, 9.17) is 23.2 Å². The zero-order chi connectivity index (χ0) is 10.4. The Labute approximate surface area is 96.2 Å². The van der Waals surface area contributed by atoms with Crippen LogP contribution in [0.3, 0.4) is 0 Å². The molecule has 4 heteroatoms. The molecule has 0 aromatic rings. The van der Waals surface area contributed by atoms with Crippen molar-refractivity contribution < 1.29 is 0 Å². The van der Waals surface area contributed by atoms with E-state index in [2.05, 4.69) is 17.3 Å². The molecule has 82 valence electrons. The molecule has 0 amide bonds. The van der Waals surface area contributed by atoms with Gasteiger partial charge in [-0.05, 0) is 38.9 Å². The molecule has 1 aliphatic heterocycles. The van der Waals surface area contributed by atoms with Gasteiger partial charge in [0, 0.05) is 23.7 Å². The van der Waals surface area contributed by atoms with Crippen LogP contribution in [0, 0.1) is 5.92 Å². The van der Waals surface area contributed by atoms with Crippen LogP contribution in [-0.2, 0) is 0 Å². The van der Waals surface area contributed by atoms with Crippen molar-refractivity contribution in [1.82, 2.24) is 10.2 Å². The van der Waals surface area contributed by atoms with Crippen LogP contribution in [0.1, 0.15) is 12.8 Å². The molecular weight excluding hydrogens is 219 g/mol. The van der Waals surface area contributed by atoms with Crippen LogP contribution in [0.2, 0.25) is 0 Å². The van der Waals surface area contributed by atoms with Crippen LogP contribution in [0.15, 0.2) is 10.6 Å². The Morgan fingerprint density at radius 1 is 1.64 bits per heavy atom. The van der Waals surface area contributed by atoms with Crippen LogP contribution < -0.4 is 5.32 Å². The van der Waals surface area contributed by atoms with Gasteiger partial charge in [0.25, 0.3) is 0 Å². The SMILES string of the molecule is CN1CCCC(CNCC(Cl)=CCl)C1. The minimum Gasteiger partial charge on any atom is -0.311 e. The number of rotatable bonds is 4. The fourth-order valence-electron chi connectivity index (χ4n) is 1.87. The van der Waals surface area contributed by atoms with Crippen molar-refractivity contribution in [3.8, 4) is 0 Å². The van der Waals surface area contributed by atoms with E-state index in [1.165, 1.54) is 31.5 Å². The summed E-state index contributed by atoms with van der Waals surface area (Å²) >= 11 is 11.2. The van der Waals surface area contributed by atoms with E-state index in [1.807, 2.05) is 0 Å². The molecule has 2 nitrogen and oxygen atoms in total. The highest BCUT2D eigenvalue weighted by Crippen LogP contribution is 2.14. The first-order valence-corrected chi connectivity index (χ1v) is 5.88. The maximum Gasteiger partial charge on any atom is 0.0431 e. The van der Waals surface area contributed by atoms with Gasteiger partial charge >= 0.3 is 0 Å². The largest absolute Gasteiger partial charge is 0.311 e. The highest BCUT2D eigenvalue weighted by atomic mass is 35.5. The monoisotopic (exact) mass is 236 g/mol. The first-order valence-electron chi connectivity index (χ1n) is 5.06. The molecule has 14 heavy (non-hydrogen) atoms. The molecule has 0 spiro atoms. The second-order valence-corrected chi connectivity index (χ2v) is 4.66. The summed E-state index contributed by atoms with van der Waals surface area (Å²) in [6.07, 6.45) is 2.63. The van der Waals surface area contributed by atoms with Crippen LogP contribution in [0.25, 0.3) is 0 Å². The summed E-state index contributed by atoms with van der Waals surface area (Å²) in [6.45, 7) is 4.14. The molecule has 1 unspecified atom stereocenters. The van der Waals surface area contributed by atoms with Crippen molar-refractivity contribution in [2.24, 2.45) is 5.92 Å². The van der Waals surface area contributed by atoms with E-state index in [0.717, 1.165) is 12.5 Å². The summed E-state index contributed by atoms with van der Waals surface area (Å²) < 4.78 is 0. The summed E-state index contributed by atoms with van der Waals surface area (Å²) in [5.41, 5.74) is 1.42. The lowest BCUT2D eigenvalue weighted by atomic mass is 9.98. The van der Waals surface area contributed by atoms with Gasteiger partial charge in [0.2, 0.25) is 0 Å². The van der Waals surface area contributed by atoms with Crippen molar-refractivity contribution in [2.45, 2.75) is 12.8 Å². The van der Waals surface area contributed by atoms with E-state index in [1.54, 1.807) is 0 Å². The molecule has 0 aliphatic carbocycles. The maximum absolute atomic E-state index is 5.77. The second-order valence-electron chi connectivity index (χ2n) is 3.96. The quantitative estimate of drug-likeness (QED) is 0.806. The minimum absolute atomic E-state index is 0.677. The lowest BCUT2D eigenvalue weighted by Crippen LogP contribution is -2.37. The fourth-order valence-corrected chi connectivity index (χ4v) is 2.05. The Bertz CT molecular complexity index is 195. The maximum atomic E-state index is 5.77. The van der Waals surface area contributed by atoms with Gasteiger partial charge in [-0.2, -0.15) is 0 Å². The Morgan fingerprint density at radius 3 is 3.07 bits per heavy atom. The molecule has 0 bridgehead atoms. The summed E-state index contributed by atoms with van der Waals surface area (Å²) in [7, 11) is 2.18. The normalized spacial score (nSPS) is 25.4. The summed E-state index contributed by atoms with van der Waals surface area (Å²) in [6, 6.07) is 0. The van der Waals surface area contributed by atoms with Gasteiger partial charge in [-0.15, -0.1) is 0 Å². The van der Waals surface area contributed by atoms with Gasteiger partial charge in [0.15, 0.2) is 0 Å². The Morgan fingerprint density at radius 2 is 2.43 bits per heavy atom. The van der Waals surface area contributed by atoms with Crippen molar-refractivity contribution in [1.29, 1.82) is 0 Å². The van der Waals surface area contributed by atoms with Gasteiger partial charge in [-0.25, -0.2) is 0 Å². The lowest BCUT2D eigenvalue weighted by molar-refractivity contribution is 0.207. The van der Waals surface area contributed by atoms with Gasteiger partial charge in [0.05, 0.1) is 0 Å². The second kappa shape index (κ2) is 6.67. The van der Waals surface area contributed by atoms with E-state index in [9.17, 15) is 0 Å². The van der Waals surface area contributed by atoms with Gasteiger partial charge in [0.1, 0.15) is 0 Å². The molecule has 0 saturated carbocycles. The van der Waals surface area contributed by atoms with E-state index >= 15 is 0 Å². The van der Waals surface area contributed by atoms with E-state index < -0.39 is 0 Å². The standard InChI is InChI=1S/C10H18Cl2N2/c1-14-4-2-3-9(8-14)6-13-7-10(12)5-11/h5,9,13H,2-4,6-8H2,1H3. The number of nitrogens with zero attached hydrogens (tertiary/aromatic N) is 1. The smallest absolute Gasteiger partial charge is 0.0431 e. The van der Waals surface area contributed by atoms with Crippen LogP contribution in [0.4, 0.5) is 0 Å². The molecule has 1 N–H and O–H groups in total. The van der Waals surface area contributed by atoms with Gasteiger partial charge in [-0.1, -0.05) is 23.2 Å². The van der Waals surface area contributed by atoms with E-state index in [-0.39, 0.29) is 0 Å². The summed E-state index contributed by atoms with van der Waals surface area (Å²) in [5, 5.41) is 3.99. The Hall–Kier alpha value is 0.240. The number of halogens is 2. The Kier molecular flexibility index (Phi) is 5.87. The molecule has 0 aromatic carbocycles. The number of nitrogens with one attached hydrogen (secondary N) is 1. The van der Waals surface area contributed by atoms with Crippen LogP contribution in [0.5, 0.6) is 0 Å². The van der Waals surface area contributed by atoms with Crippen molar-refractivity contribution in [3.05, 3.63) is 10.6 Å². The number of likely N-dealkylation sites (tertiary alicyclic amines) is 1.